The molecule has 4 amide bonds. The number of ether oxygens (including phenoxy) is 2. The Labute approximate surface area is 238 Å². The van der Waals surface area contributed by atoms with E-state index in [9.17, 15) is 19.2 Å². The van der Waals surface area contributed by atoms with Crippen molar-refractivity contribution in [3.05, 3.63) is 52.4 Å². The van der Waals surface area contributed by atoms with Gasteiger partial charge in [-0.05, 0) is 60.0 Å². The lowest BCUT2D eigenvalue weighted by molar-refractivity contribution is -0.135. The molecule has 1 saturated heterocycles. The number of urea groups is 1. The van der Waals surface area contributed by atoms with Gasteiger partial charge in [-0.1, -0.05) is 0 Å². The van der Waals surface area contributed by atoms with Crippen LogP contribution < -0.4 is 10.2 Å². The van der Waals surface area contributed by atoms with Crippen molar-refractivity contribution in [1.82, 2.24) is 25.1 Å². The molecule has 2 aliphatic heterocycles. The zero-order chi connectivity index (χ0) is 28.4. The number of aliphatic imine (C=N–C) groups is 1. The fourth-order valence-electron chi connectivity index (χ4n) is 4.57. The number of imide groups is 1. The Bertz CT molecular complexity index is 1330. The topological polar surface area (TPSA) is 147 Å². The number of pyridine rings is 2. The molecule has 2 aromatic rings. The zero-order valence-corrected chi connectivity index (χ0v) is 23.5. The number of nitrogens with zero attached hydrogens (tertiary/aromatic N) is 6. The summed E-state index contributed by atoms with van der Waals surface area (Å²) in [4.78, 5) is 68.8. The van der Waals surface area contributed by atoms with Gasteiger partial charge in [-0.3, -0.25) is 24.3 Å². The van der Waals surface area contributed by atoms with E-state index in [2.05, 4.69) is 36.2 Å². The summed E-state index contributed by atoms with van der Waals surface area (Å²) in [6.45, 7) is 2.55. The van der Waals surface area contributed by atoms with E-state index in [0.29, 0.717) is 28.4 Å². The van der Waals surface area contributed by atoms with Gasteiger partial charge in [-0.25, -0.2) is 24.5 Å². The number of hydrogen-bond donors (Lipinski definition) is 1. The molecule has 14 heteroatoms. The minimum absolute atomic E-state index is 0.0543. The normalized spacial score (nSPS) is 20.1. The van der Waals surface area contributed by atoms with Crippen LogP contribution in [0.3, 0.4) is 0 Å². The second-order valence-electron chi connectivity index (χ2n) is 9.42. The molecule has 40 heavy (non-hydrogen) atoms. The van der Waals surface area contributed by atoms with Crippen LogP contribution >= 0.6 is 15.9 Å². The highest BCUT2D eigenvalue weighted by atomic mass is 79.9. The van der Waals surface area contributed by atoms with Crippen LogP contribution in [0.4, 0.5) is 10.6 Å². The Morgan fingerprint density at radius 3 is 2.50 bits per heavy atom. The Morgan fingerprint density at radius 1 is 1.12 bits per heavy atom. The Hall–Kier alpha value is -3.91. The second-order valence-corrected chi connectivity index (χ2v) is 10.2. The molecule has 1 aliphatic carbocycles. The Balaban J connectivity index is 1.23. The van der Waals surface area contributed by atoms with Crippen molar-refractivity contribution in [3.63, 3.8) is 0 Å². The lowest BCUT2D eigenvalue weighted by Gasteiger charge is -2.40. The molecule has 0 spiro atoms. The molecule has 1 saturated carbocycles. The molecule has 2 fully saturated rings. The minimum atomic E-state index is -0.704. The summed E-state index contributed by atoms with van der Waals surface area (Å²) in [5.74, 6) is -0.639. The van der Waals surface area contributed by atoms with Gasteiger partial charge >= 0.3 is 12.0 Å². The van der Waals surface area contributed by atoms with E-state index >= 15 is 0 Å². The number of likely N-dealkylation sites (N-methyl/N-ethyl adjacent to an activating group) is 1. The van der Waals surface area contributed by atoms with E-state index in [1.165, 1.54) is 35.4 Å². The summed E-state index contributed by atoms with van der Waals surface area (Å²) in [6.07, 6.45) is 3.73. The number of anilines is 1. The number of hydrogen-bond acceptors (Lipinski definition) is 10. The highest BCUT2D eigenvalue weighted by Gasteiger charge is 2.53. The first kappa shape index (κ1) is 27.6. The number of fused-ring (bicyclic) bond motifs is 1. The van der Waals surface area contributed by atoms with Crippen molar-refractivity contribution in [1.29, 1.82) is 0 Å². The van der Waals surface area contributed by atoms with Gasteiger partial charge in [0, 0.05) is 32.1 Å². The van der Waals surface area contributed by atoms with Gasteiger partial charge in [-0.2, -0.15) is 0 Å². The summed E-state index contributed by atoms with van der Waals surface area (Å²) in [6, 6.07) is 5.28. The molecule has 0 aromatic carbocycles. The third kappa shape index (κ3) is 5.54. The van der Waals surface area contributed by atoms with Crippen LogP contribution in [-0.4, -0.2) is 101 Å². The third-order valence-corrected chi connectivity index (χ3v) is 7.24. The van der Waals surface area contributed by atoms with E-state index in [4.69, 9.17) is 9.47 Å². The van der Waals surface area contributed by atoms with Gasteiger partial charge < -0.3 is 14.8 Å². The van der Waals surface area contributed by atoms with E-state index < -0.39 is 18.2 Å². The van der Waals surface area contributed by atoms with Gasteiger partial charge in [0.2, 0.25) is 0 Å². The first-order chi connectivity index (χ1) is 19.3. The number of carbonyl (C=O) groups excluding carboxylic acids is 4. The molecule has 5 rings (SSSR count). The van der Waals surface area contributed by atoms with Crippen molar-refractivity contribution in [2.45, 2.75) is 38.0 Å². The summed E-state index contributed by atoms with van der Waals surface area (Å²) in [7, 11) is 1.53. The smallest absolute Gasteiger partial charge is 0.340 e. The number of aromatic nitrogens is 2. The molecule has 13 nitrogen and oxygen atoms in total. The average molecular weight is 614 g/mol. The fourth-order valence-corrected chi connectivity index (χ4v) is 4.81. The molecule has 2 atom stereocenters. The maximum absolute atomic E-state index is 13.1. The molecular formula is C26H28BrN7O6. The molecule has 4 heterocycles. The van der Waals surface area contributed by atoms with E-state index in [-0.39, 0.29) is 49.2 Å². The van der Waals surface area contributed by atoms with E-state index in [0.717, 1.165) is 12.8 Å². The monoisotopic (exact) mass is 613 g/mol. The van der Waals surface area contributed by atoms with Crippen molar-refractivity contribution in [2.24, 2.45) is 4.99 Å². The van der Waals surface area contributed by atoms with Crippen molar-refractivity contribution in [3.8, 4) is 0 Å². The average Bonchev–Trinajstić information content (AvgIpc) is 3.70. The first-order valence-corrected chi connectivity index (χ1v) is 13.6. The predicted octanol–water partition coefficient (Wildman–Crippen LogP) is 1.83. The number of halogens is 1. The number of rotatable bonds is 10. The number of amidine groups is 1. The van der Waals surface area contributed by atoms with Gasteiger partial charge in [-0.15, -0.1) is 0 Å². The van der Waals surface area contributed by atoms with Crippen LogP contribution in [0, 0.1) is 0 Å². The van der Waals surface area contributed by atoms with E-state index in [1.807, 2.05) is 6.92 Å². The van der Waals surface area contributed by atoms with Crippen LogP contribution in [0.15, 0.2) is 46.3 Å². The quantitative estimate of drug-likeness (QED) is 0.313. The van der Waals surface area contributed by atoms with Crippen LogP contribution in [0.25, 0.3) is 0 Å². The van der Waals surface area contributed by atoms with Gasteiger partial charge in [0.25, 0.3) is 11.8 Å². The van der Waals surface area contributed by atoms with Crippen LogP contribution in [0.2, 0.25) is 0 Å². The van der Waals surface area contributed by atoms with Crippen LogP contribution in [-0.2, 0) is 14.3 Å². The van der Waals surface area contributed by atoms with Gasteiger partial charge in [0.05, 0.1) is 24.3 Å². The van der Waals surface area contributed by atoms with Gasteiger partial charge in [0.15, 0.2) is 6.17 Å². The maximum atomic E-state index is 13.1. The van der Waals surface area contributed by atoms with Crippen molar-refractivity contribution >= 4 is 51.4 Å². The molecule has 2 unspecified atom stereocenters. The number of carbonyl (C=O) groups is 4. The summed E-state index contributed by atoms with van der Waals surface area (Å²) in [5.41, 5.74) is 0.544. The van der Waals surface area contributed by atoms with Crippen LogP contribution in [0.1, 0.15) is 40.5 Å². The van der Waals surface area contributed by atoms with Crippen molar-refractivity contribution in [2.75, 3.05) is 38.3 Å². The molecule has 0 bridgehead atoms. The van der Waals surface area contributed by atoms with Crippen molar-refractivity contribution < 1.29 is 28.7 Å². The zero-order valence-electron chi connectivity index (χ0n) is 21.9. The summed E-state index contributed by atoms with van der Waals surface area (Å²) in [5, 5.41) is 3.03. The lowest BCUT2D eigenvalue weighted by atomic mass is 10.1. The Kier molecular flexibility index (Phi) is 8.07. The summed E-state index contributed by atoms with van der Waals surface area (Å²) < 4.78 is 11.2. The number of esters is 1. The number of methoxy groups -OCH3 is 1. The first-order valence-electron chi connectivity index (χ1n) is 12.8. The SMILES string of the molecule is CCN1C(=O)N(C2CC2)C(=O)C2NC(COC(=O)c3ccc(N(CCOC)C(=O)c4ccc(Br)nc4)nc3)=NC21. The lowest BCUT2D eigenvalue weighted by Crippen LogP contribution is -2.65. The highest BCUT2D eigenvalue weighted by Crippen LogP contribution is 2.33. The second kappa shape index (κ2) is 11.7. The maximum Gasteiger partial charge on any atom is 0.340 e. The predicted molar refractivity (Wildman–Crippen MR) is 146 cm³/mol. The highest BCUT2D eigenvalue weighted by molar-refractivity contribution is 9.10. The standard InChI is InChI=1S/C26H28BrN7O6/c1-3-32-22-21(24(36)34(26(32)38)17-6-7-17)30-19(31-22)14-40-25(37)16-5-9-20(29-13-16)33(10-11-39-2)23(35)15-4-8-18(27)28-12-15/h4-5,8-9,12-13,17,21-22H,3,6-7,10-11,14H2,1-2H3,(H,30,31). The molecular weight excluding hydrogens is 586 g/mol. The minimum Gasteiger partial charge on any atom is -0.454 e. The molecule has 1 N–H and O–H groups in total. The molecule has 0 radical (unpaired) electrons. The molecule has 210 valence electrons. The van der Waals surface area contributed by atoms with Gasteiger partial charge in [0.1, 0.15) is 28.9 Å². The number of amides is 4. The number of nitrogens with one attached hydrogen (secondary N) is 1. The molecule has 2 aromatic heterocycles. The van der Waals surface area contributed by atoms with E-state index in [1.54, 1.807) is 23.1 Å². The third-order valence-electron chi connectivity index (χ3n) is 6.77. The van der Waals surface area contributed by atoms with Crippen LogP contribution in [0.5, 0.6) is 0 Å². The molecule has 3 aliphatic rings. The summed E-state index contributed by atoms with van der Waals surface area (Å²) >= 11 is 3.25. The largest absolute Gasteiger partial charge is 0.454 e. The fraction of sp³-hybridized carbons (Fsp3) is 0.423. The Morgan fingerprint density at radius 2 is 1.88 bits per heavy atom.